The molecule has 1 aliphatic rings. The Morgan fingerprint density at radius 2 is 1.86 bits per heavy atom. The monoisotopic (exact) mass is 591 g/mol. The number of anilines is 1. The highest BCUT2D eigenvalue weighted by atomic mass is 16.6. The lowest BCUT2D eigenvalue weighted by Crippen LogP contribution is -2.53. The molecule has 13 heteroatoms. The molecular formula is C30H33N5O8. The summed E-state index contributed by atoms with van der Waals surface area (Å²) in [6, 6.07) is 8.88. The van der Waals surface area contributed by atoms with Crippen molar-refractivity contribution in [2.75, 3.05) is 18.9 Å². The third-order valence-electron chi connectivity index (χ3n) is 7.41. The Morgan fingerprint density at radius 3 is 2.44 bits per heavy atom. The van der Waals surface area contributed by atoms with E-state index >= 15 is 0 Å². The van der Waals surface area contributed by atoms with Crippen LogP contribution in [0, 0.1) is 17.8 Å². The summed E-state index contributed by atoms with van der Waals surface area (Å²) < 4.78 is 24.9. The van der Waals surface area contributed by atoms with Gasteiger partial charge in [0.25, 0.3) is 0 Å². The number of terminal acetylenes is 1. The van der Waals surface area contributed by atoms with Crippen molar-refractivity contribution < 1.29 is 38.1 Å². The molecule has 5 atom stereocenters. The Bertz CT molecular complexity index is 1600. The number of fused-ring (bicyclic) bond motifs is 1. The van der Waals surface area contributed by atoms with Crippen LogP contribution in [0.4, 0.5) is 5.82 Å². The zero-order valence-electron chi connectivity index (χ0n) is 24.5. The summed E-state index contributed by atoms with van der Waals surface area (Å²) in [6.07, 6.45) is 4.04. The van der Waals surface area contributed by atoms with Crippen molar-refractivity contribution in [2.24, 2.45) is 5.41 Å². The van der Waals surface area contributed by atoms with Crippen molar-refractivity contribution in [2.45, 2.75) is 65.1 Å². The molecule has 0 bridgehead atoms. The van der Waals surface area contributed by atoms with E-state index in [1.165, 1.54) is 31.7 Å². The van der Waals surface area contributed by atoms with E-state index in [9.17, 15) is 19.2 Å². The molecule has 1 fully saturated rings. The van der Waals surface area contributed by atoms with Crippen molar-refractivity contribution in [3.8, 4) is 12.3 Å². The summed E-state index contributed by atoms with van der Waals surface area (Å²) in [4.78, 5) is 63.3. The van der Waals surface area contributed by atoms with Crippen LogP contribution in [-0.2, 0) is 39.8 Å². The van der Waals surface area contributed by atoms with E-state index in [1.54, 1.807) is 38.1 Å². The first-order valence-corrected chi connectivity index (χ1v) is 13.6. The molecular weight excluding hydrogens is 558 g/mol. The van der Waals surface area contributed by atoms with Crippen molar-refractivity contribution >= 4 is 40.5 Å². The van der Waals surface area contributed by atoms with Gasteiger partial charge in [-0.25, -0.2) is 19.7 Å². The molecule has 2 N–H and O–H groups in total. The fraction of sp³-hybridized carbons (Fsp3) is 0.433. The van der Waals surface area contributed by atoms with Gasteiger partial charge in [0.15, 0.2) is 41.2 Å². The van der Waals surface area contributed by atoms with Crippen molar-refractivity contribution in [3.63, 3.8) is 0 Å². The number of rotatable bonds is 11. The average Bonchev–Trinajstić information content (AvgIpc) is 3.50. The lowest BCUT2D eigenvalue weighted by molar-refractivity contribution is -0.182. The molecule has 1 unspecified atom stereocenters. The van der Waals surface area contributed by atoms with E-state index in [2.05, 4.69) is 20.9 Å². The van der Waals surface area contributed by atoms with E-state index in [0.717, 1.165) is 0 Å². The molecule has 0 saturated carbocycles. The van der Waals surface area contributed by atoms with Crippen LogP contribution in [0.5, 0.6) is 0 Å². The number of carbonyl (C=O) groups is 4. The molecule has 3 heterocycles. The first-order chi connectivity index (χ1) is 20.4. The second kappa shape index (κ2) is 12.3. The van der Waals surface area contributed by atoms with Gasteiger partial charge in [-0.2, -0.15) is 0 Å². The summed E-state index contributed by atoms with van der Waals surface area (Å²) in [7, 11) is 0. The van der Waals surface area contributed by atoms with Crippen LogP contribution in [0.1, 0.15) is 57.0 Å². The predicted octanol–water partition coefficient (Wildman–Crippen LogP) is 2.23. The molecule has 4 rings (SSSR count). The maximum Gasteiger partial charge on any atom is 0.346 e. The Labute approximate surface area is 248 Å². The van der Waals surface area contributed by atoms with Gasteiger partial charge in [0, 0.05) is 20.3 Å². The maximum atomic E-state index is 13.3. The molecule has 1 aliphatic heterocycles. The topological polar surface area (TPSA) is 175 Å². The number of ether oxygens (including phenoxy) is 4. The number of nitrogens with two attached hydrogens (primary N) is 1. The predicted molar refractivity (Wildman–Crippen MR) is 152 cm³/mol. The van der Waals surface area contributed by atoms with Gasteiger partial charge < -0.3 is 24.7 Å². The molecule has 13 nitrogen and oxygen atoms in total. The standard InChI is InChI=1S/C30H33N5O8/c1-7-29(6)21(15-41-30(18(4)37,28(39)40-8-2)14-20-12-10-9-11-13-20)43-27(23(29)42-19(5)38)35-16-32-22-24(31)33-25(17(3)36)34-26(22)35/h1,9-13,16,21,23,27H,8,14-15H2,2-6H3,(H2,31,33,34)/t21-,23+,27-,29+,30?/m1/s1. The number of ketones is 2. The second-order valence-electron chi connectivity index (χ2n) is 10.4. The number of hydrogen-bond acceptors (Lipinski definition) is 12. The number of carbonyl (C=O) groups excluding carboxylic acids is 4. The van der Waals surface area contributed by atoms with E-state index in [0.29, 0.717) is 5.56 Å². The van der Waals surface area contributed by atoms with Crippen molar-refractivity contribution in [1.29, 1.82) is 0 Å². The highest BCUT2D eigenvalue weighted by Crippen LogP contribution is 2.46. The average molecular weight is 592 g/mol. The van der Waals surface area contributed by atoms with Gasteiger partial charge in [0.05, 0.1) is 25.0 Å². The normalized spacial score (nSPS) is 22.8. The SMILES string of the molecule is C#C[C@@]1(C)[C@@H](COC(Cc2ccccc2)(C(C)=O)C(=O)OCC)O[C@@H](n2cnc3c(N)nc(C(C)=O)nc32)[C@@H]1OC(C)=O. The van der Waals surface area contributed by atoms with E-state index in [1.807, 2.05) is 6.07 Å². The quantitative estimate of drug-likeness (QED) is 0.149. The summed E-state index contributed by atoms with van der Waals surface area (Å²) in [5, 5.41) is 0. The molecule has 226 valence electrons. The minimum absolute atomic E-state index is 0.0194. The van der Waals surface area contributed by atoms with Crippen LogP contribution in [0.3, 0.4) is 0 Å². The van der Waals surface area contributed by atoms with Crippen LogP contribution in [0.2, 0.25) is 0 Å². The Kier molecular flexibility index (Phi) is 8.93. The summed E-state index contributed by atoms with van der Waals surface area (Å²) in [5.41, 5.74) is 3.70. The van der Waals surface area contributed by atoms with Crippen LogP contribution >= 0.6 is 0 Å². The van der Waals surface area contributed by atoms with Crippen molar-refractivity contribution in [3.05, 3.63) is 48.0 Å². The molecule has 1 aromatic carbocycles. The Morgan fingerprint density at radius 1 is 1.16 bits per heavy atom. The van der Waals surface area contributed by atoms with E-state index in [4.69, 9.17) is 31.1 Å². The first-order valence-electron chi connectivity index (χ1n) is 13.6. The van der Waals surface area contributed by atoms with Crippen LogP contribution < -0.4 is 5.73 Å². The molecule has 0 amide bonds. The Balaban J connectivity index is 1.76. The fourth-order valence-corrected chi connectivity index (χ4v) is 5.00. The zero-order valence-corrected chi connectivity index (χ0v) is 24.5. The van der Waals surface area contributed by atoms with Gasteiger partial charge in [-0.15, -0.1) is 6.42 Å². The molecule has 1 saturated heterocycles. The number of nitrogens with zero attached hydrogens (tertiary/aromatic N) is 4. The lowest BCUT2D eigenvalue weighted by atomic mass is 9.81. The third kappa shape index (κ3) is 5.84. The van der Waals surface area contributed by atoms with Gasteiger partial charge in [0.2, 0.25) is 5.60 Å². The molecule has 2 aromatic heterocycles. The van der Waals surface area contributed by atoms with Crippen LogP contribution in [0.25, 0.3) is 11.2 Å². The van der Waals surface area contributed by atoms with Crippen LogP contribution in [0.15, 0.2) is 36.7 Å². The highest BCUT2D eigenvalue weighted by molar-refractivity contribution is 6.06. The lowest BCUT2D eigenvalue weighted by Gasteiger charge is -2.33. The summed E-state index contributed by atoms with van der Waals surface area (Å²) in [6.45, 7) is 6.67. The van der Waals surface area contributed by atoms with Gasteiger partial charge >= 0.3 is 11.9 Å². The largest absolute Gasteiger partial charge is 0.463 e. The van der Waals surface area contributed by atoms with Crippen LogP contribution in [-0.4, -0.2) is 74.0 Å². The number of imidazole rings is 1. The molecule has 43 heavy (non-hydrogen) atoms. The minimum Gasteiger partial charge on any atom is -0.463 e. The first kappa shape index (κ1) is 31.3. The fourth-order valence-electron chi connectivity index (χ4n) is 5.00. The zero-order chi connectivity index (χ0) is 31.5. The van der Waals surface area contributed by atoms with E-state index < -0.39 is 53.0 Å². The minimum atomic E-state index is -2.01. The molecule has 0 radical (unpaired) electrons. The number of esters is 2. The molecule has 3 aromatic rings. The number of hydrogen-bond donors (Lipinski definition) is 1. The highest BCUT2D eigenvalue weighted by Gasteiger charge is 2.58. The molecule has 0 spiro atoms. The smallest absolute Gasteiger partial charge is 0.346 e. The number of Topliss-reactive ketones (excluding diaryl/α,β-unsaturated/α-hetero) is 2. The number of benzene rings is 1. The summed E-state index contributed by atoms with van der Waals surface area (Å²) >= 11 is 0. The van der Waals surface area contributed by atoms with Gasteiger partial charge in [-0.05, 0) is 26.3 Å². The number of aromatic nitrogens is 4. The number of nitrogen functional groups attached to an aromatic ring is 1. The summed E-state index contributed by atoms with van der Waals surface area (Å²) in [5.74, 6) is -0.00760. The Hall–Kier alpha value is -4.67. The second-order valence-corrected chi connectivity index (χ2v) is 10.4. The maximum absolute atomic E-state index is 13.3. The van der Waals surface area contributed by atoms with Crippen molar-refractivity contribution in [1.82, 2.24) is 19.5 Å². The van der Waals surface area contributed by atoms with Gasteiger partial charge in [-0.3, -0.25) is 19.0 Å². The van der Waals surface area contributed by atoms with E-state index in [-0.39, 0.29) is 42.4 Å². The van der Waals surface area contributed by atoms with Gasteiger partial charge in [0.1, 0.15) is 11.6 Å². The molecule has 0 aliphatic carbocycles. The third-order valence-corrected chi connectivity index (χ3v) is 7.41. The van der Waals surface area contributed by atoms with Gasteiger partial charge in [-0.1, -0.05) is 36.3 Å².